The normalized spacial score (nSPS) is 11.1. The molecule has 0 bridgehead atoms. The van der Waals surface area contributed by atoms with Crippen LogP contribution in [0.15, 0.2) is 47.4 Å². The van der Waals surface area contributed by atoms with Crippen molar-refractivity contribution in [3.8, 4) is 0 Å². The Morgan fingerprint density at radius 2 is 1.78 bits per heavy atom. The van der Waals surface area contributed by atoms with Crippen LogP contribution in [0.25, 0.3) is 0 Å². The van der Waals surface area contributed by atoms with Crippen molar-refractivity contribution in [1.82, 2.24) is 4.90 Å². The number of hydrogen-bond donors (Lipinski definition) is 1. The number of halogens is 1. The van der Waals surface area contributed by atoms with Crippen LogP contribution in [0.4, 0.5) is 10.1 Å². The molecular weight excluding hydrogens is 319 g/mol. The number of benzene rings is 2. The van der Waals surface area contributed by atoms with E-state index in [-0.39, 0.29) is 22.1 Å². The lowest BCUT2D eigenvalue weighted by molar-refractivity contribution is 0.0826. The highest BCUT2D eigenvalue weighted by atomic mass is 32.2. The molecule has 0 spiro atoms. The molecule has 122 valence electrons. The number of nitrogens with zero attached hydrogens (tertiary/aromatic N) is 1. The van der Waals surface area contributed by atoms with Gasteiger partial charge in [-0.15, -0.1) is 0 Å². The van der Waals surface area contributed by atoms with E-state index in [1.807, 2.05) is 0 Å². The summed E-state index contributed by atoms with van der Waals surface area (Å²) < 4.78 is 40.6. The van der Waals surface area contributed by atoms with Gasteiger partial charge in [0.1, 0.15) is 5.82 Å². The highest BCUT2D eigenvalue weighted by molar-refractivity contribution is 7.92. The van der Waals surface area contributed by atoms with E-state index >= 15 is 0 Å². The quantitative estimate of drug-likeness (QED) is 0.933. The van der Waals surface area contributed by atoms with Gasteiger partial charge in [0.25, 0.3) is 15.9 Å². The number of aryl methyl sites for hydroxylation is 1. The van der Waals surface area contributed by atoms with Gasteiger partial charge in [-0.2, -0.15) is 0 Å². The van der Waals surface area contributed by atoms with E-state index in [1.54, 1.807) is 27.1 Å². The summed E-state index contributed by atoms with van der Waals surface area (Å²) in [7, 11) is -0.827. The van der Waals surface area contributed by atoms with Crippen molar-refractivity contribution in [2.24, 2.45) is 0 Å². The van der Waals surface area contributed by atoms with Crippen molar-refractivity contribution in [2.75, 3.05) is 18.8 Å². The molecule has 0 aliphatic heterocycles. The Hall–Kier alpha value is -2.41. The molecule has 0 atom stereocenters. The topological polar surface area (TPSA) is 66.5 Å². The second-order valence-electron chi connectivity index (χ2n) is 5.26. The number of hydrogen-bond acceptors (Lipinski definition) is 3. The smallest absolute Gasteiger partial charge is 0.262 e. The molecule has 0 radical (unpaired) electrons. The van der Waals surface area contributed by atoms with Crippen LogP contribution in [0.5, 0.6) is 0 Å². The standard InChI is InChI=1S/C16H17FN2O3S/c1-11-8-9-12(10-13(11)16(20)19(2)3)23(21,22)18-15-7-5-4-6-14(15)17/h4-10,18H,1-3H3. The summed E-state index contributed by atoms with van der Waals surface area (Å²) >= 11 is 0. The molecular formula is C16H17FN2O3S. The highest BCUT2D eigenvalue weighted by Gasteiger charge is 2.20. The lowest BCUT2D eigenvalue weighted by Crippen LogP contribution is -2.23. The van der Waals surface area contributed by atoms with Gasteiger partial charge in [-0.05, 0) is 36.8 Å². The van der Waals surface area contributed by atoms with Crippen LogP contribution >= 0.6 is 0 Å². The van der Waals surface area contributed by atoms with Crippen LogP contribution in [0, 0.1) is 12.7 Å². The zero-order chi connectivity index (χ0) is 17.2. The zero-order valence-electron chi connectivity index (χ0n) is 13.0. The first kappa shape index (κ1) is 17.0. The van der Waals surface area contributed by atoms with E-state index in [0.717, 1.165) is 6.07 Å². The van der Waals surface area contributed by atoms with E-state index in [9.17, 15) is 17.6 Å². The molecule has 0 saturated heterocycles. The maximum atomic E-state index is 13.6. The molecule has 0 saturated carbocycles. The van der Waals surface area contributed by atoms with Crippen LogP contribution in [0.3, 0.4) is 0 Å². The van der Waals surface area contributed by atoms with Crippen LogP contribution in [-0.4, -0.2) is 33.3 Å². The largest absolute Gasteiger partial charge is 0.345 e. The van der Waals surface area contributed by atoms with Gasteiger partial charge in [0, 0.05) is 19.7 Å². The fourth-order valence-corrected chi connectivity index (χ4v) is 3.08. The van der Waals surface area contributed by atoms with Gasteiger partial charge >= 0.3 is 0 Å². The SMILES string of the molecule is Cc1ccc(S(=O)(=O)Nc2ccccc2F)cc1C(=O)N(C)C. The minimum atomic E-state index is -4.00. The zero-order valence-corrected chi connectivity index (χ0v) is 13.8. The molecule has 23 heavy (non-hydrogen) atoms. The molecule has 1 N–H and O–H groups in total. The van der Waals surface area contributed by atoms with Gasteiger partial charge in [0.15, 0.2) is 0 Å². The molecule has 0 aliphatic carbocycles. The number of carbonyl (C=O) groups is 1. The molecule has 2 aromatic carbocycles. The summed E-state index contributed by atoms with van der Waals surface area (Å²) in [6, 6.07) is 9.70. The lowest BCUT2D eigenvalue weighted by Gasteiger charge is -2.14. The van der Waals surface area contributed by atoms with E-state index in [0.29, 0.717) is 5.56 Å². The molecule has 0 fully saturated rings. The molecule has 0 unspecified atom stereocenters. The maximum Gasteiger partial charge on any atom is 0.262 e. The van der Waals surface area contributed by atoms with Crippen molar-refractivity contribution in [2.45, 2.75) is 11.8 Å². The second kappa shape index (κ2) is 6.37. The van der Waals surface area contributed by atoms with Crippen molar-refractivity contribution < 1.29 is 17.6 Å². The van der Waals surface area contributed by atoms with Crippen LogP contribution < -0.4 is 4.72 Å². The first-order valence-corrected chi connectivity index (χ1v) is 8.30. The summed E-state index contributed by atoms with van der Waals surface area (Å²) in [5.74, 6) is -0.974. The van der Waals surface area contributed by atoms with Gasteiger partial charge in [0.05, 0.1) is 10.6 Å². The number of para-hydroxylation sites is 1. The maximum absolute atomic E-state index is 13.6. The van der Waals surface area contributed by atoms with E-state index in [1.165, 1.54) is 35.2 Å². The monoisotopic (exact) mass is 336 g/mol. The third-order valence-corrected chi connectivity index (χ3v) is 4.64. The first-order valence-electron chi connectivity index (χ1n) is 6.82. The van der Waals surface area contributed by atoms with Crippen molar-refractivity contribution >= 4 is 21.6 Å². The van der Waals surface area contributed by atoms with Gasteiger partial charge in [0.2, 0.25) is 0 Å². The Balaban J connectivity index is 2.43. The van der Waals surface area contributed by atoms with E-state index < -0.39 is 15.8 Å². The molecule has 0 aromatic heterocycles. The summed E-state index contributed by atoms with van der Waals surface area (Å²) in [5.41, 5.74) is 0.800. The van der Waals surface area contributed by atoms with Crippen molar-refractivity contribution in [3.05, 3.63) is 59.4 Å². The molecule has 1 amide bonds. The van der Waals surface area contributed by atoms with Gasteiger partial charge < -0.3 is 4.90 Å². The Bertz CT molecular complexity index is 848. The molecule has 2 aromatic rings. The Kier molecular flexibility index (Phi) is 4.70. The predicted octanol–water partition coefficient (Wildman–Crippen LogP) is 2.64. The molecule has 2 rings (SSSR count). The van der Waals surface area contributed by atoms with Gasteiger partial charge in [-0.3, -0.25) is 9.52 Å². The fourth-order valence-electron chi connectivity index (χ4n) is 1.99. The third kappa shape index (κ3) is 3.68. The summed E-state index contributed by atoms with van der Waals surface area (Å²) in [5, 5.41) is 0. The molecule has 0 aliphatic rings. The number of amides is 1. The summed E-state index contributed by atoms with van der Waals surface area (Å²) in [4.78, 5) is 13.4. The average Bonchev–Trinajstić information content (AvgIpc) is 2.49. The lowest BCUT2D eigenvalue weighted by atomic mass is 10.1. The Labute approximate surface area is 134 Å². The van der Waals surface area contributed by atoms with E-state index in [4.69, 9.17) is 0 Å². The number of nitrogens with one attached hydrogen (secondary N) is 1. The number of anilines is 1. The fraction of sp³-hybridized carbons (Fsp3) is 0.188. The minimum absolute atomic E-state index is 0.100. The number of rotatable bonds is 4. The third-order valence-electron chi connectivity index (χ3n) is 3.27. The molecule has 7 heteroatoms. The number of carbonyl (C=O) groups excluding carboxylic acids is 1. The van der Waals surface area contributed by atoms with Crippen LogP contribution in [-0.2, 0) is 10.0 Å². The molecule has 0 heterocycles. The number of sulfonamides is 1. The van der Waals surface area contributed by atoms with Gasteiger partial charge in [-0.25, -0.2) is 12.8 Å². The average molecular weight is 336 g/mol. The van der Waals surface area contributed by atoms with Crippen molar-refractivity contribution in [3.63, 3.8) is 0 Å². The summed E-state index contributed by atoms with van der Waals surface area (Å²) in [6.07, 6.45) is 0. The Morgan fingerprint density at radius 1 is 1.13 bits per heavy atom. The van der Waals surface area contributed by atoms with Crippen LogP contribution in [0.2, 0.25) is 0 Å². The second-order valence-corrected chi connectivity index (χ2v) is 6.94. The van der Waals surface area contributed by atoms with E-state index in [2.05, 4.69) is 4.72 Å². The van der Waals surface area contributed by atoms with Crippen LogP contribution in [0.1, 0.15) is 15.9 Å². The van der Waals surface area contributed by atoms with Crippen molar-refractivity contribution in [1.29, 1.82) is 0 Å². The highest BCUT2D eigenvalue weighted by Crippen LogP contribution is 2.21. The van der Waals surface area contributed by atoms with Gasteiger partial charge in [-0.1, -0.05) is 18.2 Å². The first-order chi connectivity index (χ1) is 10.7. The molecule has 5 nitrogen and oxygen atoms in total. The Morgan fingerprint density at radius 3 is 2.39 bits per heavy atom. The summed E-state index contributed by atoms with van der Waals surface area (Å²) in [6.45, 7) is 1.72. The predicted molar refractivity (Wildman–Crippen MR) is 86.4 cm³/mol. The minimum Gasteiger partial charge on any atom is -0.345 e.